The number of rotatable bonds is 5. The van der Waals surface area contributed by atoms with E-state index in [2.05, 4.69) is 15.6 Å². The molecule has 108 valence electrons. The van der Waals surface area contributed by atoms with Crippen LogP contribution in [0.1, 0.15) is 30.9 Å². The molecule has 5 nitrogen and oxygen atoms in total. The van der Waals surface area contributed by atoms with Crippen LogP contribution in [0.25, 0.3) is 0 Å². The van der Waals surface area contributed by atoms with Gasteiger partial charge in [-0.15, -0.1) is 0 Å². The van der Waals surface area contributed by atoms with Crippen LogP contribution in [0.2, 0.25) is 0 Å². The molecule has 1 unspecified atom stereocenters. The second-order valence-corrected chi connectivity index (χ2v) is 4.96. The van der Waals surface area contributed by atoms with E-state index in [0.717, 1.165) is 32.1 Å². The lowest BCUT2D eigenvalue weighted by atomic mass is 9.96. The number of nitrogens with zero attached hydrogens (tertiary/aromatic N) is 1. The number of hydrogen-bond donors (Lipinski definition) is 3. The van der Waals surface area contributed by atoms with E-state index in [1.54, 1.807) is 0 Å². The molecule has 1 aliphatic heterocycles. The summed E-state index contributed by atoms with van der Waals surface area (Å²) in [6.45, 7) is 1.68. The van der Waals surface area contributed by atoms with Crippen molar-refractivity contribution in [1.82, 2.24) is 15.6 Å². The predicted octanol–water partition coefficient (Wildman–Crippen LogP) is 1.42. The highest BCUT2D eigenvalue weighted by molar-refractivity contribution is 5.79. The minimum absolute atomic E-state index is 0.00833. The van der Waals surface area contributed by atoms with Crippen LogP contribution in [-0.2, 0) is 4.79 Å². The summed E-state index contributed by atoms with van der Waals surface area (Å²) in [6, 6.07) is 0.960. The van der Waals surface area contributed by atoms with Gasteiger partial charge in [0.1, 0.15) is 5.82 Å². The van der Waals surface area contributed by atoms with Crippen LogP contribution in [-0.4, -0.2) is 30.2 Å². The van der Waals surface area contributed by atoms with Crippen molar-refractivity contribution in [2.45, 2.75) is 25.3 Å². The zero-order valence-electron chi connectivity index (χ0n) is 11.2. The lowest BCUT2D eigenvalue weighted by molar-refractivity contribution is -0.126. The van der Waals surface area contributed by atoms with Crippen molar-refractivity contribution in [3.8, 4) is 0 Å². The fourth-order valence-electron chi connectivity index (χ4n) is 2.39. The second-order valence-electron chi connectivity index (χ2n) is 4.96. The lowest BCUT2D eigenvalue weighted by Crippen LogP contribution is -2.39. The molecule has 0 aromatic carbocycles. The molecule has 0 saturated carbocycles. The summed E-state index contributed by atoms with van der Waals surface area (Å²) in [6.07, 6.45) is 5.83. The predicted molar refractivity (Wildman–Crippen MR) is 74.1 cm³/mol. The van der Waals surface area contributed by atoms with E-state index < -0.39 is 11.9 Å². The van der Waals surface area contributed by atoms with Crippen molar-refractivity contribution in [3.63, 3.8) is 0 Å². The number of amides is 1. The zero-order chi connectivity index (χ0) is 14.4. The number of pyridine rings is 1. The summed E-state index contributed by atoms with van der Waals surface area (Å²) in [5.41, 5.74) is 0.593. The quantitative estimate of drug-likeness (QED) is 0.713. The molecule has 0 aliphatic carbocycles. The first-order chi connectivity index (χ1) is 9.70. The normalized spacial score (nSPS) is 17.4. The van der Waals surface area contributed by atoms with E-state index in [-0.39, 0.29) is 11.8 Å². The van der Waals surface area contributed by atoms with Gasteiger partial charge in [-0.2, -0.15) is 0 Å². The monoisotopic (exact) mass is 278 g/mol. The van der Waals surface area contributed by atoms with Crippen molar-refractivity contribution < 1.29 is 9.18 Å². The number of carbonyl (C=O) groups is 1. The van der Waals surface area contributed by atoms with Gasteiger partial charge < -0.3 is 16.0 Å². The molecule has 3 N–H and O–H groups in total. The molecule has 1 aromatic heterocycles. The van der Waals surface area contributed by atoms with Crippen molar-refractivity contribution in [3.05, 3.63) is 29.8 Å². The minimum atomic E-state index is -0.436. The fourth-order valence-corrected chi connectivity index (χ4v) is 2.39. The van der Waals surface area contributed by atoms with Gasteiger partial charge in [0.2, 0.25) is 5.91 Å². The summed E-state index contributed by atoms with van der Waals surface area (Å²) >= 11 is 0. The largest absolute Gasteiger partial charge is 0.349 e. The van der Waals surface area contributed by atoms with Crippen LogP contribution in [0.5, 0.6) is 0 Å². The van der Waals surface area contributed by atoms with Gasteiger partial charge in [-0.05, 0) is 43.8 Å². The Bertz CT molecular complexity index is 474. The summed E-state index contributed by atoms with van der Waals surface area (Å²) in [5.74, 6) is -0.470. The number of halogens is 1. The number of carbonyl (C=O) groups excluding carboxylic acids is 1. The smallest absolute Gasteiger partial charge is 0.223 e. The van der Waals surface area contributed by atoms with E-state index in [9.17, 15) is 9.18 Å². The number of nitrogens with one attached hydrogen (secondary N) is 3. The Kier molecular flexibility index (Phi) is 5.17. The second kappa shape index (κ2) is 7.09. The molecule has 1 saturated heterocycles. The molecule has 0 bridgehead atoms. The van der Waals surface area contributed by atoms with Gasteiger partial charge in [-0.3, -0.25) is 9.78 Å². The van der Waals surface area contributed by atoms with Crippen molar-refractivity contribution in [2.75, 3.05) is 13.1 Å². The first-order valence-electron chi connectivity index (χ1n) is 6.81. The Balaban J connectivity index is 2.04. The first kappa shape index (κ1) is 14.6. The van der Waals surface area contributed by atoms with Crippen LogP contribution in [0, 0.1) is 17.1 Å². The van der Waals surface area contributed by atoms with Gasteiger partial charge in [0.05, 0.1) is 12.2 Å². The maximum Gasteiger partial charge on any atom is 0.223 e. The Morgan fingerprint density at radius 3 is 2.95 bits per heavy atom. The SMILES string of the molecule is N=CCC(NC(=O)C1CCNCC1)c1cncc(F)c1. The topological polar surface area (TPSA) is 77.9 Å². The maximum atomic E-state index is 13.2. The zero-order valence-corrected chi connectivity index (χ0v) is 11.2. The molecule has 1 aromatic rings. The molecule has 2 heterocycles. The highest BCUT2D eigenvalue weighted by atomic mass is 19.1. The van der Waals surface area contributed by atoms with Crippen molar-refractivity contribution >= 4 is 12.1 Å². The van der Waals surface area contributed by atoms with Crippen molar-refractivity contribution in [1.29, 1.82) is 5.41 Å². The highest BCUT2D eigenvalue weighted by Gasteiger charge is 2.23. The summed E-state index contributed by atoms with van der Waals surface area (Å²) in [5, 5.41) is 13.3. The summed E-state index contributed by atoms with van der Waals surface area (Å²) in [7, 11) is 0. The summed E-state index contributed by atoms with van der Waals surface area (Å²) in [4.78, 5) is 16.0. The molecular weight excluding hydrogens is 259 g/mol. The molecule has 20 heavy (non-hydrogen) atoms. The minimum Gasteiger partial charge on any atom is -0.349 e. The first-order valence-corrected chi connectivity index (χ1v) is 6.81. The van der Waals surface area contributed by atoms with Crippen molar-refractivity contribution in [2.24, 2.45) is 5.92 Å². The van der Waals surface area contributed by atoms with Crippen LogP contribution in [0.4, 0.5) is 4.39 Å². The summed E-state index contributed by atoms with van der Waals surface area (Å²) < 4.78 is 13.2. The molecular formula is C14H19FN4O. The van der Waals surface area contributed by atoms with Crippen LogP contribution in [0.15, 0.2) is 18.5 Å². The third-order valence-electron chi connectivity index (χ3n) is 3.51. The molecule has 1 aliphatic rings. The average Bonchev–Trinajstić information content (AvgIpc) is 2.47. The van der Waals surface area contributed by atoms with Gasteiger partial charge in [0.25, 0.3) is 0 Å². The van der Waals surface area contributed by atoms with Gasteiger partial charge >= 0.3 is 0 Å². The average molecular weight is 278 g/mol. The molecule has 1 amide bonds. The highest BCUT2D eigenvalue weighted by Crippen LogP contribution is 2.19. The Morgan fingerprint density at radius 1 is 1.55 bits per heavy atom. The van der Waals surface area contributed by atoms with Gasteiger partial charge in [0.15, 0.2) is 0 Å². The fraction of sp³-hybridized carbons (Fsp3) is 0.500. The third-order valence-corrected chi connectivity index (χ3v) is 3.51. The van der Waals surface area contributed by atoms with Gasteiger partial charge in [-0.1, -0.05) is 0 Å². The standard InChI is InChI=1S/C14H19FN4O/c15-12-7-11(8-18-9-12)13(1-4-16)19-14(20)10-2-5-17-6-3-10/h4,7-10,13,16-17H,1-3,5-6H2,(H,19,20). The molecule has 0 radical (unpaired) electrons. The number of hydrogen-bond acceptors (Lipinski definition) is 4. The molecule has 6 heteroatoms. The van der Waals surface area contributed by atoms with Crippen LogP contribution >= 0.6 is 0 Å². The van der Waals surface area contributed by atoms with E-state index >= 15 is 0 Å². The maximum absolute atomic E-state index is 13.2. The molecule has 1 fully saturated rings. The van der Waals surface area contributed by atoms with E-state index in [1.165, 1.54) is 18.5 Å². The van der Waals surface area contributed by atoms with Gasteiger partial charge in [0, 0.05) is 18.5 Å². The molecule has 2 rings (SSSR count). The lowest BCUT2D eigenvalue weighted by Gasteiger charge is -2.25. The van der Waals surface area contributed by atoms with Gasteiger partial charge in [-0.25, -0.2) is 4.39 Å². The van der Waals surface area contributed by atoms with E-state index in [4.69, 9.17) is 5.41 Å². The van der Waals surface area contributed by atoms with Crippen LogP contribution in [0.3, 0.4) is 0 Å². The number of piperidine rings is 1. The number of aromatic nitrogens is 1. The van der Waals surface area contributed by atoms with Crippen LogP contribution < -0.4 is 10.6 Å². The van der Waals surface area contributed by atoms with E-state index in [0.29, 0.717) is 12.0 Å². The molecule has 1 atom stereocenters. The Labute approximate surface area is 117 Å². The third kappa shape index (κ3) is 3.84. The van der Waals surface area contributed by atoms with E-state index in [1.807, 2.05) is 0 Å². The molecule has 0 spiro atoms. The Morgan fingerprint density at radius 2 is 2.30 bits per heavy atom. The Hall–Kier alpha value is -1.82.